The Morgan fingerprint density at radius 3 is 1.69 bits per heavy atom. The molecule has 70 heavy (non-hydrogen) atoms. The lowest BCUT2D eigenvalue weighted by Gasteiger charge is -2.35. The van der Waals surface area contributed by atoms with Crippen LogP contribution in [0.1, 0.15) is 28.7 Å². The van der Waals surface area contributed by atoms with Crippen molar-refractivity contribution in [2.24, 2.45) is 0 Å². The van der Waals surface area contributed by atoms with Gasteiger partial charge in [0.1, 0.15) is 0 Å². The van der Waals surface area contributed by atoms with Crippen molar-refractivity contribution in [1.82, 2.24) is 0 Å². The summed E-state index contributed by atoms with van der Waals surface area (Å²) >= 11 is 0. The molecule has 1 heterocycles. The molecule has 11 aromatic rings. The average Bonchev–Trinajstić information content (AvgIpc) is 3.79. The van der Waals surface area contributed by atoms with Gasteiger partial charge in [0.15, 0.2) is 0 Å². The molecule has 0 N–H and O–H groups in total. The van der Waals surface area contributed by atoms with Crippen LogP contribution in [0.15, 0.2) is 273 Å². The molecule has 330 valence electrons. The molecule has 0 bridgehead atoms. The number of benzene rings is 11. The predicted molar refractivity (Wildman–Crippen MR) is 295 cm³/mol. The molecule has 13 rings (SSSR count). The Morgan fingerprint density at radius 1 is 0.329 bits per heavy atom. The van der Waals surface area contributed by atoms with Gasteiger partial charge in [-0.1, -0.05) is 224 Å². The second-order valence-electron chi connectivity index (χ2n) is 18.4. The molecular formula is C68H48N2. The number of hydrogen-bond donors (Lipinski definition) is 0. The molecule has 0 saturated heterocycles. The first kappa shape index (κ1) is 41.2. The number of nitrogens with zero attached hydrogens (tertiary/aromatic N) is 2. The van der Waals surface area contributed by atoms with Gasteiger partial charge >= 0.3 is 0 Å². The zero-order valence-electron chi connectivity index (χ0n) is 38.6. The van der Waals surface area contributed by atoms with Gasteiger partial charge in [-0.25, -0.2) is 0 Å². The fraction of sp³-hybridized carbons (Fsp3) is 0.0294. The minimum Gasteiger partial charge on any atom is -0.332 e. The van der Waals surface area contributed by atoms with E-state index in [9.17, 15) is 0 Å². The smallest absolute Gasteiger partial charge is 0.0701 e. The van der Waals surface area contributed by atoms with Gasteiger partial charge < -0.3 is 9.80 Å². The van der Waals surface area contributed by atoms with Crippen molar-refractivity contribution in [2.75, 3.05) is 9.80 Å². The fourth-order valence-corrected chi connectivity index (χ4v) is 11.1. The summed E-state index contributed by atoms with van der Waals surface area (Å²) in [7, 11) is 0. The van der Waals surface area contributed by atoms with E-state index in [1.54, 1.807) is 0 Å². The van der Waals surface area contributed by atoms with Gasteiger partial charge in [-0.05, 0) is 127 Å². The standard InChI is InChI=1S/C68H48N2/c1-4-18-47(19-5-1)56-39-43-65(63(46-56)50-23-8-3-9-24-50)69(58-28-16-27-54(45-58)55-35-34-48-20-10-11-26-53(48)44-55)57-40-36-52(37-41-57)67-59(49-21-6-2-7-22-49)31-17-33-66(67)70-64-32-15-14-30-61(64)62-42-38-51-25-12-13-29-60(51)68(62)70/h1-46,62,68H. The highest BCUT2D eigenvalue weighted by Crippen LogP contribution is 2.58. The lowest BCUT2D eigenvalue weighted by atomic mass is 9.83. The number of anilines is 5. The summed E-state index contributed by atoms with van der Waals surface area (Å²) in [6.45, 7) is 0. The maximum absolute atomic E-state index is 2.63. The average molecular weight is 893 g/mol. The molecule has 0 amide bonds. The number of fused-ring (bicyclic) bond motifs is 6. The maximum Gasteiger partial charge on any atom is 0.0701 e. The van der Waals surface area contributed by atoms with Crippen molar-refractivity contribution in [1.29, 1.82) is 0 Å². The van der Waals surface area contributed by atoms with Crippen molar-refractivity contribution in [3.8, 4) is 55.6 Å². The molecule has 11 aromatic carbocycles. The van der Waals surface area contributed by atoms with E-state index in [1.807, 2.05) is 0 Å². The van der Waals surface area contributed by atoms with E-state index >= 15 is 0 Å². The molecule has 0 spiro atoms. The maximum atomic E-state index is 2.63. The van der Waals surface area contributed by atoms with E-state index in [4.69, 9.17) is 0 Å². The summed E-state index contributed by atoms with van der Waals surface area (Å²) in [5, 5.41) is 2.47. The highest BCUT2D eigenvalue weighted by molar-refractivity contribution is 5.98. The first-order chi connectivity index (χ1) is 34.7. The van der Waals surface area contributed by atoms with Crippen molar-refractivity contribution >= 4 is 45.3 Å². The van der Waals surface area contributed by atoms with Crippen LogP contribution in [0.4, 0.5) is 28.4 Å². The molecule has 2 unspecified atom stereocenters. The van der Waals surface area contributed by atoms with Gasteiger partial charge in [0.2, 0.25) is 0 Å². The van der Waals surface area contributed by atoms with Crippen molar-refractivity contribution in [2.45, 2.75) is 12.0 Å². The minimum atomic E-state index is 0.114. The molecule has 0 fully saturated rings. The Labute approximate surface area is 410 Å². The van der Waals surface area contributed by atoms with Crippen LogP contribution in [-0.2, 0) is 0 Å². The Morgan fingerprint density at radius 2 is 0.900 bits per heavy atom. The molecule has 0 radical (unpaired) electrons. The summed E-state index contributed by atoms with van der Waals surface area (Å²) in [4.78, 5) is 5.07. The lowest BCUT2D eigenvalue weighted by molar-refractivity contribution is 0.668. The number of para-hydroxylation sites is 1. The van der Waals surface area contributed by atoms with Crippen molar-refractivity contribution in [3.05, 3.63) is 290 Å². The van der Waals surface area contributed by atoms with E-state index in [-0.39, 0.29) is 12.0 Å². The number of hydrogen-bond acceptors (Lipinski definition) is 2. The third-order valence-corrected chi connectivity index (χ3v) is 14.4. The number of rotatable bonds is 9. The molecule has 2 nitrogen and oxygen atoms in total. The summed E-state index contributed by atoms with van der Waals surface area (Å²) in [6.07, 6.45) is 4.74. The van der Waals surface area contributed by atoms with E-state index in [1.165, 1.54) is 72.2 Å². The third-order valence-electron chi connectivity index (χ3n) is 14.4. The molecule has 2 atom stereocenters. The topological polar surface area (TPSA) is 6.48 Å². The van der Waals surface area contributed by atoms with Crippen LogP contribution >= 0.6 is 0 Å². The van der Waals surface area contributed by atoms with Crippen LogP contribution in [0, 0.1) is 0 Å². The zero-order chi connectivity index (χ0) is 46.4. The molecule has 0 aromatic heterocycles. The Hall–Kier alpha value is -8.98. The molecule has 0 saturated carbocycles. The van der Waals surface area contributed by atoms with Gasteiger partial charge in [0.05, 0.1) is 17.4 Å². The first-order valence-corrected chi connectivity index (χ1v) is 24.3. The first-order valence-electron chi connectivity index (χ1n) is 24.3. The largest absolute Gasteiger partial charge is 0.332 e. The molecular weight excluding hydrogens is 845 g/mol. The summed E-state index contributed by atoms with van der Waals surface area (Å²) in [5.74, 6) is 0.229. The second kappa shape index (κ2) is 17.6. The molecule has 1 aliphatic heterocycles. The Balaban J connectivity index is 1.00. The van der Waals surface area contributed by atoms with E-state index in [0.29, 0.717) is 0 Å². The minimum absolute atomic E-state index is 0.114. The van der Waals surface area contributed by atoms with Gasteiger partial charge in [-0.2, -0.15) is 0 Å². The molecule has 2 aliphatic rings. The normalized spacial score (nSPS) is 14.5. The quantitative estimate of drug-likeness (QED) is 0.142. The van der Waals surface area contributed by atoms with Crippen LogP contribution in [0.25, 0.3) is 72.5 Å². The monoisotopic (exact) mass is 892 g/mol. The summed E-state index contributed by atoms with van der Waals surface area (Å²) in [5.41, 5.74) is 21.5. The molecule has 2 heteroatoms. The van der Waals surface area contributed by atoms with Gasteiger partial charge in [-0.3, -0.25) is 0 Å². The predicted octanol–water partition coefficient (Wildman–Crippen LogP) is 18.6. The SMILES string of the molecule is C1=CC2c3ccccc3N(c3cccc(-c4ccccc4)c3-c3ccc(N(c4cccc(-c5ccc6ccccc6c5)c4)c4ccc(-c5ccccc5)cc4-c4ccccc4)cc3)C2c2ccccc21. The van der Waals surface area contributed by atoms with E-state index in [2.05, 4.69) is 289 Å². The van der Waals surface area contributed by atoms with Gasteiger partial charge in [-0.15, -0.1) is 0 Å². The van der Waals surface area contributed by atoms with Crippen LogP contribution in [0.3, 0.4) is 0 Å². The summed E-state index contributed by atoms with van der Waals surface area (Å²) in [6, 6.07) is 98.0. The lowest BCUT2D eigenvalue weighted by Crippen LogP contribution is -2.24. The van der Waals surface area contributed by atoms with Crippen LogP contribution < -0.4 is 9.80 Å². The van der Waals surface area contributed by atoms with E-state index in [0.717, 1.165) is 39.3 Å². The summed E-state index contributed by atoms with van der Waals surface area (Å²) < 4.78 is 0. The highest BCUT2D eigenvalue weighted by atomic mass is 15.2. The Bertz CT molecular complexity index is 3730. The van der Waals surface area contributed by atoms with E-state index < -0.39 is 0 Å². The van der Waals surface area contributed by atoms with Crippen molar-refractivity contribution < 1.29 is 0 Å². The second-order valence-corrected chi connectivity index (χ2v) is 18.4. The van der Waals surface area contributed by atoms with Crippen LogP contribution in [-0.4, -0.2) is 0 Å². The van der Waals surface area contributed by atoms with Gasteiger partial charge in [0.25, 0.3) is 0 Å². The van der Waals surface area contributed by atoms with Crippen LogP contribution in [0.2, 0.25) is 0 Å². The zero-order valence-corrected chi connectivity index (χ0v) is 38.6. The fourth-order valence-electron chi connectivity index (χ4n) is 11.1. The van der Waals surface area contributed by atoms with Gasteiger partial charge in [0, 0.05) is 34.1 Å². The third kappa shape index (κ3) is 7.30. The Kier molecular flexibility index (Phi) is 10.4. The van der Waals surface area contributed by atoms with Crippen molar-refractivity contribution in [3.63, 3.8) is 0 Å². The highest BCUT2D eigenvalue weighted by Gasteiger charge is 2.42. The van der Waals surface area contributed by atoms with Crippen LogP contribution in [0.5, 0.6) is 0 Å². The molecule has 1 aliphatic carbocycles.